The van der Waals surface area contributed by atoms with Gasteiger partial charge in [-0.1, -0.05) is 30.3 Å². The summed E-state index contributed by atoms with van der Waals surface area (Å²) in [5.74, 6) is 1.90. The van der Waals surface area contributed by atoms with Crippen molar-refractivity contribution in [3.63, 3.8) is 0 Å². The molecule has 3 rings (SSSR count). The van der Waals surface area contributed by atoms with Gasteiger partial charge in [0, 0.05) is 13.6 Å². The van der Waals surface area contributed by atoms with Crippen LogP contribution in [0.25, 0.3) is 0 Å². The van der Waals surface area contributed by atoms with Gasteiger partial charge in [0.2, 0.25) is 0 Å². The highest BCUT2D eigenvalue weighted by Crippen LogP contribution is 2.16. The molecule has 0 radical (unpaired) electrons. The van der Waals surface area contributed by atoms with Crippen molar-refractivity contribution in [1.29, 1.82) is 0 Å². The summed E-state index contributed by atoms with van der Waals surface area (Å²) in [5, 5.41) is 11.0. The van der Waals surface area contributed by atoms with Crippen LogP contribution in [-0.2, 0) is 6.54 Å². The number of carbonyl (C=O) groups is 1. The molecule has 29 heavy (non-hydrogen) atoms. The molecule has 7 nitrogen and oxygen atoms in total. The van der Waals surface area contributed by atoms with Crippen LogP contribution in [0.15, 0.2) is 66.7 Å². The Labute approximate surface area is 170 Å². The molecule has 0 saturated carbocycles. The lowest BCUT2D eigenvalue weighted by atomic mass is 10.2. The SMILES string of the molecule is COc1ccc(OCCNC(=O)c2ccc(N(C)Cc3ccccc3)nn2)cc1. The first-order chi connectivity index (χ1) is 14.2. The van der Waals surface area contributed by atoms with Crippen molar-refractivity contribution < 1.29 is 14.3 Å². The predicted octanol–water partition coefficient (Wildman–Crippen LogP) is 2.93. The Morgan fingerprint density at radius 3 is 2.34 bits per heavy atom. The van der Waals surface area contributed by atoms with E-state index in [1.54, 1.807) is 19.2 Å². The van der Waals surface area contributed by atoms with Crippen LogP contribution in [0.4, 0.5) is 5.82 Å². The smallest absolute Gasteiger partial charge is 0.271 e. The van der Waals surface area contributed by atoms with Gasteiger partial charge in [0.05, 0.1) is 13.7 Å². The second-order valence-electron chi connectivity index (χ2n) is 6.40. The van der Waals surface area contributed by atoms with E-state index in [2.05, 4.69) is 27.6 Å². The average Bonchev–Trinajstić information content (AvgIpc) is 2.77. The van der Waals surface area contributed by atoms with E-state index in [4.69, 9.17) is 9.47 Å². The summed E-state index contributed by atoms with van der Waals surface area (Å²) >= 11 is 0. The largest absolute Gasteiger partial charge is 0.497 e. The Morgan fingerprint density at radius 1 is 0.966 bits per heavy atom. The molecular weight excluding hydrogens is 368 g/mol. The van der Waals surface area contributed by atoms with E-state index in [1.807, 2.05) is 54.4 Å². The van der Waals surface area contributed by atoms with Gasteiger partial charge in [0.25, 0.3) is 5.91 Å². The highest BCUT2D eigenvalue weighted by molar-refractivity contribution is 5.92. The highest BCUT2D eigenvalue weighted by Gasteiger charge is 2.10. The van der Waals surface area contributed by atoms with Gasteiger partial charge in [-0.3, -0.25) is 4.79 Å². The number of aromatic nitrogens is 2. The summed E-state index contributed by atoms with van der Waals surface area (Å²) in [5.41, 5.74) is 1.45. The van der Waals surface area contributed by atoms with E-state index >= 15 is 0 Å². The second-order valence-corrected chi connectivity index (χ2v) is 6.40. The van der Waals surface area contributed by atoms with E-state index in [0.717, 1.165) is 5.75 Å². The molecule has 1 aromatic heterocycles. The van der Waals surface area contributed by atoms with Crippen LogP contribution in [-0.4, -0.2) is 43.4 Å². The van der Waals surface area contributed by atoms with Crippen molar-refractivity contribution in [3.05, 3.63) is 78.0 Å². The van der Waals surface area contributed by atoms with Gasteiger partial charge in [-0.25, -0.2) is 0 Å². The fraction of sp³-hybridized carbons (Fsp3) is 0.227. The van der Waals surface area contributed by atoms with E-state index in [9.17, 15) is 4.79 Å². The molecule has 0 spiro atoms. The number of rotatable bonds is 9. The molecular formula is C22H24N4O3. The van der Waals surface area contributed by atoms with Crippen LogP contribution >= 0.6 is 0 Å². The summed E-state index contributed by atoms with van der Waals surface area (Å²) in [7, 11) is 3.55. The minimum atomic E-state index is -0.284. The van der Waals surface area contributed by atoms with Crippen LogP contribution in [0.1, 0.15) is 16.1 Å². The summed E-state index contributed by atoms with van der Waals surface area (Å²) in [6.07, 6.45) is 0. The molecule has 0 aliphatic carbocycles. The molecule has 1 heterocycles. The number of anilines is 1. The Morgan fingerprint density at radius 2 is 1.69 bits per heavy atom. The van der Waals surface area contributed by atoms with Gasteiger partial charge in [0.1, 0.15) is 18.1 Å². The van der Waals surface area contributed by atoms with Crippen molar-refractivity contribution in [2.75, 3.05) is 32.2 Å². The van der Waals surface area contributed by atoms with Gasteiger partial charge < -0.3 is 19.7 Å². The van der Waals surface area contributed by atoms with Crippen molar-refractivity contribution in [1.82, 2.24) is 15.5 Å². The van der Waals surface area contributed by atoms with Gasteiger partial charge in [0.15, 0.2) is 11.5 Å². The molecule has 0 bridgehead atoms. The topological polar surface area (TPSA) is 76.6 Å². The Hall–Kier alpha value is -3.61. The van der Waals surface area contributed by atoms with Crippen molar-refractivity contribution >= 4 is 11.7 Å². The number of methoxy groups -OCH3 is 1. The predicted molar refractivity (Wildman–Crippen MR) is 111 cm³/mol. The van der Waals surface area contributed by atoms with E-state index < -0.39 is 0 Å². The molecule has 2 aromatic carbocycles. The van der Waals surface area contributed by atoms with Gasteiger partial charge in [-0.15, -0.1) is 10.2 Å². The average molecular weight is 392 g/mol. The zero-order valence-electron chi connectivity index (χ0n) is 16.5. The normalized spacial score (nSPS) is 10.3. The molecule has 3 aromatic rings. The molecule has 0 aliphatic rings. The van der Waals surface area contributed by atoms with Crippen molar-refractivity contribution in [3.8, 4) is 11.5 Å². The van der Waals surface area contributed by atoms with E-state index in [1.165, 1.54) is 5.56 Å². The molecule has 0 aliphatic heterocycles. The standard InChI is InChI=1S/C22H24N4O3/c1-26(16-17-6-4-3-5-7-17)21-13-12-20(24-25-21)22(27)23-14-15-29-19-10-8-18(28-2)9-11-19/h3-13H,14-16H2,1-2H3,(H,23,27). The number of hydrogen-bond acceptors (Lipinski definition) is 6. The molecule has 1 amide bonds. The maximum Gasteiger partial charge on any atom is 0.271 e. The number of carbonyl (C=O) groups excluding carboxylic acids is 1. The van der Waals surface area contributed by atoms with Crippen LogP contribution < -0.4 is 19.7 Å². The number of nitrogens with zero attached hydrogens (tertiary/aromatic N) is 3. The van der Waals surface area contributed by atoms with E-state index in [-0.39, 0.29) is 11.6 Å². The van der Waals surface area contributed by atoms with Crippen LogP contribution in [0.5, 0.6) is 11.5 Å². The zero-order valence-corrected chi connectivity index (χ0v) is 16.5. The summed E-state index contributed by atoms with van der Waals surface area (Å²) in [6, 6.07) is 20.8. The second kappa shape index (κ2) is 10.1. The number of amides is 1. The first-order valence-electron chi connectivity index (χ1n) is 9.29. The van der Waals surface area contributed by atoms with Crippen molar-refractivity contribution in [2.45, 2.75) is 6.54 Å². The molecule has 0 unspecified atom stereocenters. The first kappa shape index (κ1) is 20.1. The monoisotopic (exact) mass is 392 g/mol. The third-order valence-electron chi connectivity index (χ3n) is 4.25. The maximum atomic E-state index is 12.2. The Bertz CT molecular complexity index is 900. The third kappa shape index (κ3) is 5.93. The van der Waals surface area contributed by atoms with Gasteiger partial charge in [-0.2, -0.15) is 0 Å². The molecule has 0 fully saturated rings. The number of nitrogens with one attached hydrogen (secondary N) is 1. The van der Waals surface area contributed by atoms with E-state index in [0.29, 0.717) is 31.3 Å². The van der Waals surface area contributed by atoms with Crippen molar-refractivity contribution in [2.24, 2.45) is 0 Å². The van der Waals surface area contributed by atoms with Crippen LogP contribution in [0.3, 0.4) is 0 Å². The third-order valence-corrected chi connectivity index (χ3v) is 4.25. The quantitative estimate of drug-likeness (QED) is 0.564. The molecule has 0 atom stereocenters. The fourth-order valence-corrected chi connectivity index (χ4v) is 2.68. The molecule has 0 saturated heterocycles. The fourth-order valence-electron chi connectivity index (χ4n) is 2.68. The summed E-state index contributed by atoms with van der Waals surface area (Å²) < 4.78 is 10.7. The first-order valence-corrected chi connectivity index (χ1v) is 9.29. The minimum absolute atomic E-state index is 0.270. The minimum Gasteiger partial charge on any atom is -0.497 e. The molecule has 7 heteroatoms. The lowest BCUT2D eigenvalue weighted by Gasteiger charge is -2.17. The zero-order chi connectivity index (χ0) is 20.5. The number of benzene rings is 2. The van der Waals surface area contributed by atoms with Gasteiger partial charge >= 0.3 is 0 Å². The molecule has 1 N–H and O–H groups in total. The Balaban J connectivity index is 1.44. The maximum absolute atomic E-state index is 12.2. The van der Waals surface area contributed by atoms with Crippen LogP contribution in [0, 0.1) is 0 Å². The van der Waals surface area contributed by atoms with Gasteiger partial charge in [-0.05, 0) is 42.0 Å². The summed E-state index contributed by atoms with van der Waals surface area (Å²) in [4.78, 5) is 14.2. The Kier molecular flexibility index (Phi) is 7.00. The lowest BCUT2D eigenvalue weighted by Crippen LogP contribution is -2.29. The lowest BCUT2D eigenvalue weighted by molar-refractivity contribution is 0.0941. The summed E-state index contributed by atoms with van der Waals surface area (Å²) in [6.45, 7) is 1.43. The highest BCUT2D eigenvalue weighted by atomic mass is 16.5. The number of ether oxygens (including phenoxy) is 2. The number of hydrogen-bond donors (Lipinski definition) is 1. The van der Waals surface area contributed by atoms with Crippen LogP contribution in [0.2, 0.25) is 0 Å². The molecule has 150 valence electrons.